The van der Waals surface area contributed by atoms with Gasteiger partial charge >= 0.3 is 0 Å². The van der Waals surface area contributed by atoms with Crippen molar-refractivity contribution in [3.8, 4) is 66.8 Å². The van der Waals surface area contributed by atoms with Crippen LogP contribution in [0.2, 0.25) is 0 Å². The highest BCUT2D eigenvalue weighted by Crippen LogP contribution is 2.59. The molecule has 2 aliphatic carbocycles. The minimum atomic E-state index is -0.451. The lowest BCUT2D eigenvalue weighted by Crippen LogP contribution is -2.24. The zero-order valence-electron chi connectivity index (χ0n) is 61.1. The number of para-hydroxylation sites is 4. The van der Waals surface area contributed by atoms with E-state index >= 15 is 0 Å². The van der Waals surface area contributed by atoms with Crippen molar-refractivity contribution in [3.63, 3.8) is 0 Å². The maximum atomic E-state index is 7.54. The number of nitrogens with zero attached hydrogens (tertiary/aromatic N) is 2. The summed E-state index contributed by atoms with van der Waals surface area (Å²) in [4.78, 5) is 5.04. The molecule has 0 bridgehead atoms. The minimum Gasteiger partial charge on any atom is -0.455 e. The number of furan rings is 2. The Bertz CT molecular complexity index is 7200. The molecule has 0 aliphatic heterocycles. The summed E-state index contributed by atoms with van der Waals surface area (Å²) in [5.74, 6) is 0. The molecule has 22 rings (SSSR count). The largest absolute Gasteiger partial charge is 0.455 e. The number of hydrogen-bond donors (Lipinski definition) is 0. The number of fused-ring (bicyclic) bond motifs is 18. The molecule has 2 aliphatic rings. The van der Waals surface area contributed by atoms with E-state index < -0.39 is 5.41 Å². The SMILES string of the molecule is CC1(C)c2ccccc2-c2c(N(c3ccccc3-c3cccc4c3oc3c5cc(CC6(C)c7ccccc7-c7c(N(c8ccc(-c9cccc(-c%10cccc%11ccccc%10%11)c9)cc8)c8ccccc8-c8cccc9c8oc8c%10ccccc%10ccc98)cccc76)ccc5ccc43)c3cccc4ccccc34)cccc21. The molecular weight excluding hydrogens is 1330 g/mol. The van der Waals surface area contributed by atoms with E-state index in [-0.39, 0.29) is 5.41 Å². The van der Waals surface area contributed by atoms with E-state index in [9.17, 15) is 0 Å². The van der Waals surface area contributed by atoms with Gasteiger partial charge in [-0.3, -0.25) is 0 Å². The van der Waals surface area contributed by atoms with Gasteiger partial charge in [-0.25, -0.2) is 0 Å². The van der Waals surface area contributed by atoms with Gasteiger partial charge in [0.15, 0.2) is 0 Å². The van der Waals surface area contributed by atoms with Crippen LogP contribution < -0.4 is 9.80 Å². The first kappa shape index (κ1) is 63.5. The Balaban J connectivity index is 0.681. The average molecular weight is 1410 g/mol. The van der Waals surface area contributed by atoms with E-state index in [2.05, 4.69) is 401 Å². The Morgan fingerprint density at radius 3 is 1.35 bits per heavy atom. The first-order chi connectivity index (χ1) is 54.2. The first-order valence-electron chi connectivity index (χ1n) is 38.3. The van der Waals surface area contributed by atoms with Crippen LogP contribution in [0.3, 0.4) is 0 Å². The Labute approximate surface area is 638 Å². The van der Waals surface area contributed by atoms with Gasteiger partial charge in [-0.2, -0.15) is 0 Å². The standard InChI is InChI=1S/C106H72N2O2/c1-105(2)90-44-14-10-37-87(90)99-92(105)46-23-52-98(99)108(94-50-20-29-69-26-5-8-33-77(69)94)96-49-17-13-36-80(96)82-41-22-43-84-86-62-58-71-54-53-66(63-89(71)104(86)110-103(82)84)65-106(3)91-45-15-11-38-88(91)100-93(106)47-24-51-97(100)107(74-59-55-67(56-60-74)72-30-18-31-73(64-72)76-39-19-28-68-25-4-7-32-75(68)76)95-48-16-12-35-79(95)81-40-21-42-83-85-61-57-70-27-6-9-34-78(70)101(85)109-102(81)83/h4-64H,65H2,1-3H3. The van der Waals surface area contributed by atoms with Crippen molar-refractivity contribution in [2.45, 2.75) is 38.0 Å². The number of anilines is 6. The van der Waals surface area contributed by atoms with E-state index in [4.69, 9.17) is 8.83 Å². The molecule has 2 aromatic heterocycles. The molecule has 4 nitrogen and oxygen atoms in total. The van der Waals surface area contributed by atoms with E-state index in [1.54, 1.807) is 0 Å². The van der Waals surface area contributed by atoms with Crippen LogP contribution in [0.25, 0.3) is 154 Å². The average Bonchev–Trinajstić information content (AvgIpc) is 1.55. The highest BCUT2D eigenvalue weighted by atomic mass is 16.3. The lowest BCUT2D eigenvalue weighted by atomic mass is 9.75. The molecule has 110 heavy (non-hydrogen) atoms. The molecule has 18 aromatic carbocycles. The molecule has 4 heteroatoms. The molecule has 2 heterocycles. The predicted octanol–water partition coefficient (Wildman–Crippen LogP) is 29.5. The van der Waals surface area contributed by atoms with Crippen molar-refractivity contribution in [3.05, 3.63) is 398 Å². The molecule has 0 N–H and O–H groups in total. The van der Waals surface area contributed by atoms with Crippen molar-refractivity contribution in [2.24, 2.45) is 0 Å². The van der Waals surface area contributed by atoms with Crippen molar-refractivity contribution in [1.29, 1.82) is 0 Å². The van der Waals surface area contributed by atoms with Crippen molar-refractivity contribution in [1.82, 2.24) is 0 Å². The Morgan fingerprint density at radius 1 is 0.236 bits per heavy atom. The van der Waals surface area contributed by atoms with Gasteiger partial charge in [0.25, 0.3) is 0 Å². The van der Waals surface area contributed by atoms with Gasteiger partial charge in [0.2, 0.25) is 0 Å². The zero-order chi connectivity index (χ0) is 72.9. The fraction of sp³-hybridized carbons (Fsp3) is 0.0566. The highest BCUT2D eigenvalue weighted by molar-refractivity contribution is 6.20. The lowest BCUT2D eigenvalue weighted by molar-refractivity contribution is 0.583. The van der Waals surface area contributed by atoms with E-state index in [0.717, 1.165) is 139 Å². The van der Waals surface area contributed by atoms with Crippen LogP contribution in [0.1, 0.15) is 48.6 Å². The molecule has 0 fully saturated rings. The first-order valence-corrected chi connectivity index (χ1v) is 38.3. The Kier molecular flexibility index (Phi) is 14.2. The van der Waals surface area contributed by atoms with Gasteiger partial charge in [-0.1, -0.05) is 324 Å². The van der Waals surface area contributed by atoms with E-state index in [0.29, 0.717) is 0 Å². The second kappa shape index (κ2) is 24.6. The molecule has 0 spiro atoms. The summed E-state index contributed by atoms with van der Waals surface area (Å²) in [5.41, 5.74) is 29.8. The molecule has 0 saturated carbocycles. The maximum absolute atomic E-state index is 7.54. The fourth-order valence-electron chi connectivity index (χ4n) is 19.1. The molecule has 20 aromatic rings. The Hall–Kier alpha value is -13.8. The van der Waals surface area contributed by atoms with Gasteiger partial charge in [-0.05, 0) is 161 Å². The lowest BCUT2D eigenvalue weighted by Gasteiger charge is -2.31. The molecular formula is C106H72N2O2. The van der Waals surface area contributed by atoms with Crippen molar-refractivity contribution in [2.75, 3.05) is 9.80 Å². The van der Waals surface area contributed by atoms with Gasteiger partial charge in [0.1, 0.15) is 22.3 Å². The smallest absolute Gasteiger partial charge is 0.143 e. The Morgan fingerprint density at radius 2 is 0.655 bits per heavy atom. The van der Waals surface area contributed by atoms with Crippen LogP contribution in [0.5, 0.6) is 0 Å². The molecule has 1 unspecified atom stereocenters. The van der Waals surface area contributed by atoms with E-state index in [1.165, 1.54) is 82.7 Å². The molecule has 0 saturated heterocycles. The third kappa shape index (κ3) is 9.65. The second-order valence-electron chi connectivity index (χ2n) is 30.7. The molecule has 0 amide bonds. The summed E-state index contributed by atoms with van der Waals surface area (Å²) in [6, 6.07) is 137. The third-order valence-corrected chi connectivity index (χ3v) is 24.3. The maximum Gasteiger partial charge on any atom is 0.143 e. The summed E-state index contributed by atoms with van der Waals surface area (Å²) in [7, 11) is 0. The predicted molar refractivity (Wildman–Crippen MR) is 462 cm³/mol. The highest BCUT2D eigenvalue weighted by Gasteiger charge is 2.43. The topological polar surface area (TPSA) is 32.8 Å². The summed E-state index contributed by atoms with van der Waals surface area (Å²) in [5, 5.41) is 13.7. The van der Waals surface area contributed by atoms with Crippen LogP contribution in [-0.2, 0) is 17.3 Å². The number of rotatable bonds is 12. The molecule has 0 radical (unpaired) electrons. The fourth-order valence-corrected chi connectivity index (χ4v) is 19.1. The quantitative estimate of drug-likeness (QED) is 0.122. The van der Waals surface area contributed by atoms with Gasteiger partial charge in [0.05, 0.1) is 28.4 Å². The zero-order valence-corrected chi connectivity index (χ0v) is 61.1. The summed E-state index contributed by atoms with van der Waals surface area (Å²) < 4.78 is 14.7. The summed E-state index contributed by atoms with van der Waals surface area (Å²) in [6.07, 6.45) is 0.742. The van der Waals surface area contributed by atoms with E-state index in [1.807, 2.05) is 0 Å². The number of hydrogen-bond acceptors (Lipinski definition) is 4. The van der Waals surface area contributed by atoms with Crippen molar-refractivity contribution >= 4 is 121 Å². The van der Waals surface area contributed by atoms with Gasteiger partial charge in [-0.15, -0.1) is 0 Å². The van der Waals surface area contributed by atoms with Crippen molar-refractivity contribution < 1.29 is 8.83 Å². The second-order valence-corrected chi connectivity index (χ2v) is 30.7. The van der Waals surface area contributed by atoms with Crippen LogP contribution in [0.15, 0.2) is 379 Å². The monoisotopic (exact) mass is 1400 g/mol. The van der Waals surface area contributed by atoms with Gasteiger partial charge < -0.3 is 18.6 Å². The molecule has 1 atom stereocenters. The van der Waals surface area contributed by atoms with Gasteiger partial charge in [0, 0.05) is 87.6 Å². The minimum absolute atomic E-state index is 0.187. The number of benzene rings is 18. The van der Waals surface area contributed by atoms with Crippen LogP contribution in [0, 0.1) is 0 Å². The third-order valence-electron chi connectivity index (χ3n) is 24.3. The van der Waals surface area contributed by atoms with Crippen LogP contribution in [-0.4, -0.2) is 0 Å². The van der Waals surface area contributed by atoms with Crippen LogP contribution in [0.4, 0.5) is 34.1 Å². The summed E-state index contributed by atoms with van der Waals surface area (Å²) >= 11 is 0. The normalized spacial score (nSPS) is 14.1. The summed E-state index contributed by atoms with van der Waals surface area (Å²) in [6.45, 7) is 7.20. The van der Waals surface area contributed by atoms with Crippen LogP contribution >= 0.6 is 0 Å². The molecule has 518 valence electrons.